The second kappa shape index (κ2) is 5.56. The molecule has 3 atom stereocenters. The molecule has 21 heavy (non-hydrogen) atoms. The molecule has 0 aromatic heterocycles. The van der Waals surface area contributed by atoms with Crippen LogP contribution in [0.2, 0.25) is 0 Å². The minimum absolute atomic E-state index is 0.0231. The van der Waals surface area contributed by atoms with Gasteiger partial charge < -0.3 is 20.5 Å². The van der Waals surface area contributed by atoms with Crippen molar-refractivity contribution in [1.29, 1.82) is 0 Å². The van der Waals surface area contributed by atoms with Crippen molar-refractivity contribution in [2.45, 2.75) is 38.3 Å². The lowest BCUT2D eigenvalue weighted by molar-refractivity contribution is -0.131. The molecule has 1 aliphatic carbocycles. The third kappa shape index (κ3) is 2.70. The number of carbonyl (C=O) groups excluding carboxylic acids is 1. The van der Waals surface area contributed by atoms with Gasteiger partial charge in [-0.05, 0) is 31.9 Å². The van der Waals surface area contributed by atoms with Crippen LogP contribution in [0.15, 0.2) is 24.3 Å². The lowest BCUT2D eigenvalue weighted by atomic mass is 9.84. The van der Waals surface area contributed by atoms with Gasteiger partial charge in [0.2, 0.25) is 5.91 Å². The average Bonchev–Trinajstić information content (AvgIpc) is 2.85. The molecule has 1 aromatic carbocycles. The molecular formula is C16H22N2O3. The number of fused-ring (bicyclic) bond motifs is 1. The highest BCUT2D eigenvalue weighted by atomic mass is 16.6. The monoisotopic (exact) mass is 290 g/mol. The third-order valence-electron chi connectivity index (χ3n) is 4.61. The first-order chi connectivity index (χ1) is 10.1. The molecule has 0 spiro atoms. The Bertz CT molecular complexity index is 534. The van der Waals surface area contributed by atoms with Crippen molar-refractivity contribution in [2.75, 3.05) is 13.2 Å². The van der Waals surface area contributed by atoms with Gasteiger partial charge in [-0.1, -0.05) is 18.6 Å². The van der Waals surface area contributed by atoms with Gasteiger partial charge in [-0.25, -0.2) is 0 Å². The summed E-state index contributed by atoms with van der Waals surface area (Å²) < 4.78 is 11.5. The van der Waals surface area contributed by atoms with Crippen LogP contribution in [0.1, 0.15) is 26.2 Å². The molecule has 1 saturated carbocycles. The number of nitrogens with two attached hydrogens (primary N) is 1. The highest BCUT2D eigenvalue weighted by Gasteiger charge is 2.43. The van der Waals surface area contributed by atoms with Crippen LogP contribution < -0.4 is 20.5 Å². The van der Waals surface area contributed by atoms with E-state index in [1.54, 1.807) is 0 Å². The van der Waals surface area contributed by atoms with Gasteiger partial charge in [-0.15, -0.1) is 0 Å². The molecule has 1 aliphatic heterocycles. The minimum atomic E-state index is -0.451. The molecule has 3 rings (SSSR count). The molecule has 3 unspecified atom stereocenters. The molecule has 0 radical (unpaired) electrons. The predicted molar refractivity (Wildman–Crippen MR) is 79.3 cm³/mol. The van der Waals surface area contributed by atoms with E-state index < -0.39 is 5.41 Å². The topological polar surface area (TPSA) is 73.6 Å². The second-order valence-electron chi connectivity index (χ2n) is 6.12. The molecule has 1 amide bonds. The number of carbonyl (C=O) groups is 1. The SMILES string of the molecule is CC1(C(=O)NCC2COc3ccccc3O2)CCCC1N. The maximum absolute atomic E-state index is 12.4. The number of hydrogen-bond acceptors (Lipinski definition) is 4. The van der Waals surface area contributed by atoms with E-state index in [-0.39, 0.29) is 18.1 Å². The van der Waals surface area contributed by atoms with Crippen molar-refractivity contribution < 1.29 is 14.3 Å². The highest BCUT2D eigenvalue weighted by Crippen LogP contribution is 2.37. The van der Waals surface area contributed by atoms with E-state index in [4.69, 9.17) is 15.2 Å². The summed E-state index contributed by atoms with van der Waals surface area (Å²) in [7, 11) is 0. The fourth-order valence-corrected chi connectivity index (χ4v) is 3.05. The van der Waals surface area contributed by atoms with E-state index in [0.29, 0.717) is 13.2 Å². The third-order valence-corrected chi connectivity index (χ3v) is 4.61. The lowest BCUT2D eigenvalue weighted by Gasteiger charge is -2.30. The molecule has 0 bridgehead atoms. The van der Waals surface area contributed by atoms with Crippen LogP contribution in [0.3, 0.4) is 0 Å². The molecule has 5 heteroatoms. The Kier molecular flexibility index (Phi) is 3.76. The van der Waals surface area contributed by atoms with Crippen LogP contribution in [0.25, 0.3) is 0 Å². The maximum atomic E-state index is 12.4. The summed E-state index contributed by atoms with van der Waals surface area (Å²) >= 11 is 0. The fourth-order valence-electron chi connectivity index (χ4n) is 3.05. The first kappa shape index (κ1) is 14.2. The summed E-state index contributed by atoms with van der Waals surface area (Å²) in [5.74, 6) is 1.51. The van der Waals surface area contributed by atoms with E-state index in [1.807, 2.05) is 31.2 Å². The fraction of sp³-hybridized carbons (Fsp3) is 0.562. The Labute approximate surface area is 124 Å². The van der Waals surface area contributed by atoms with Crippen LogP contribution in [0, 0.1) is 5.41 Å². The number of rotatable bonds is 3. The van der Waals surface area contributed by atoms with Crippen molar-refractivity contribution in [2.24, 2.45) is 11.1 Å². The smallest absolute Gasteiger partial charge is 0.227 e. The Morgan fingerprint density at radius 1 is 1.43 bits per heavy atom. The van der Waals surface area contributed by atoms with Crippen molar-refractivity contribution in [3.63, 3.8) is 0 Å². The number of benzene rings is 1. The first-order valence-corrected chi connectivity index (χ1v) is 7.52. The minimum Gasteiger partial charge on any atom is -0.486 e. The average molecular weight is 290 g/mol. The van der Waals surface area contributed by atoms with Crippen LogP contribution in [-0.2, 0) is 4.79 Å². The van der Waals surface area contributed by atoms with Crippen LogP contribution in [0.4, 0.5) is 0 Å². The normalized spacial score (nSPS) is 31.0. The van der Waals surface area contributed by atoms with E-state index in [9.17, 15) is 4.79 Å². The molecule has 5 nitrogen and oxygen atoms in total. The van der Waals surface area contributed by atoms with Crippen LogP contribution >= 0.6 is 0 Å². The lowest BCUT2D eigenvalue weighted by Crippen LogP contribution is -2.50. The summed E-state index contributed by atoms with van der Waals surface area (Å²) in [6.45, 7) is 2.84. The zero-order valence-electron chi connectivity index (χ0n) is 12.3. The Hall–Kier alpha value is -1.75. The van der Waals surface area contributed by atoms with Crippen LogP contribution in [-0.4, -0.2) is 31.2 Å². The van der Waals surface area contributed by atoms with Crippen molar-refractivity contribution in [1.82, 2.24) is 5.32 Å². The molecule has 3 N–H and O–H groups in total. The van der Waals surface area contributed by atoms with Gasteiger partial charge in [0.1, 0.15) is 12.7 Å². The quantitative estimate of drug-likeness (QED) is 0.884. The van der Waals surface area contributed by atoms with Crippen molar-refractivity contribution >= 4 is 5.91 Å². The summed E-state index contributed by atoms with van der Waals surface area (Å²) in [5, 5.41) is 2.97. The summed E-state index contributed by atoms with van der Waals surface area (Å²) in [4.78, 5) is 12.4. The zero-order valence-corrected chi connectivity index (χ0v) is 12.3. The first-order valence-electron chi connectivity index (χ1n) is 7.52. The summed E-state index contributed by atoms with van der Waals surface area (Å²) in [6, 6.07) is 7.51. The van der Waals surface area contributed by atoms with Gasteiger partial charge in [-0.2, -0.15) is 0 Å². The van der Waals surface area contributed by atoms with E-state index in [2.05, 4.69) is 5.32 Å². The van der Waals surface area contributed by atoms with Crippen molar-refractivity contribution in [3.8, 4) is 11.5 Å². The Morgan fingerprint density at radius 2 is 2.19 bits per heavy atom. The van der Waals surface area contributed by atoms with Gasteiger partial charge >= 0.3 is 0 Å². The van der Waals surface area contributed by atoms with Crippen LogP contribution in [0.5, 0.6) is 11.5 Å². The van der Waals surface area contributed by atoms with E-state index in [0.717, 1.165) is 30.8 Å². The molecule has 2 aliphatic rings. The van der Waals surface area contributed by atoms with Gasteiger partial charge in [-0.3, -0.25) is 4.79 Å². The Morgan fingerprint density at radius 3 is 2.90 bits per heavy atom. The molecule has 1 heterocycles. The number of ether oxygens (including phenoxy) is 2. The maximum Gasteiger partial charge on any atom is 0.227 e. The van der Waals surface area contributed by atoms with Gasteiger partial charge in [0.05, 0.1) is 12.0 Å². The van der Waals surface area contributed by atoms with Gasteiger partial charge in [0.25, 0.3) is 0 Å². The summed E-state index contributed by atoms with van der Waals surface area (Å²) in [5.41, 5.74) is 5.62. The molecule has 1 fully saturated rings. The standard InChI is InChI=1S/C16H22N2O3/c1-16(8-4-7-14(16)17)15(19)18-9-11-10-20-12-5-2-3-6-13(12)21-11/h2-3,5-6,11,14H,4,7-10,17H2,1H3,(H,18,19). The highest BCUT2D eigenvalue weighted by molar-refractivity contribution is 5.83. The number of nitrogens with one attached hydrogen (secondary N) is 1. The van der Waals surface area contributed by atoms with Gasteiger partial charge in [0, 0.05) is 6.04 Å². The number of para-hydroxylation sites is 2. The summed E-state index contributed by atoms with van der Waals surface area (Å²) in [6.07, 6.45) is 2.62. The number of hydrogen-bond donors (Lipinski definition) is 2. The van der Waals surface area contributed by atoms with E-state index in [1.165, 1.54) is 0 Å². The zero-order chi connectivity index (χ0) is 14.9. The molecular weight excluding hydrogens is 268 g/mol. The van der Waals surface area contributed by atoms with Gasteiger partial charge in [0.15, 0.2) is 11.5 Å². The molecule has 1 aromatic rings. The van der Waals surface area contributed by atoms with Crippen molar-refractivity contribution in [3.05, 3.63) is 24.3 Å². The number of amides is 1. The Balaban J connectivity index is 1.56. The molecule has 0 saturated heterocycles. The predicted octanol–water partition coefficient (Wildman–Crippen LogP) is 1.46. The second-order valence-corrected chi connectivity index (χ2v) is 6.12. The molecule has 114 valence electrons. The van der Waals surface area contributed by atoms with E-state index >= 15 is 0 Å². The largest absolute Gasteiger partial charge is 0.486 e.